The number of halogens is 1. The van der Waals surface area contributed by atoms with Gasteiger partial charge in [-0.15, -0.1) is 0 Å². The highest BCUT2D eigenvalue weighted by molar-refractivity contribution is 7.99. The lowest BCUT2D eigenvalue weighted by molar-refractivity contribution is 0.590. The van der Waals surface area contributed by atoms with E-state index in [2.05, 4.69) is 51.1 Å². The van der Waals surface area contributed by atoms with Crippen LogP contribution >= 0.6 is 23.4 Å². The van der Waals surface area contributed by atoms with Gasteiger partial charge in [-0.2, -0.15) is 0 Å². The fraction of sp³-hybridized carbons (Fsp3) is 0.333. The van der Waals surface area contributed by atoms with Gasteiger partial charge >= 0.3 is 0 Å². The van der Waals surface area contributed by atoms with Gasteiger partial charge in [-0.25, -0.2) is 0 Å². The zero-order valence-electron chi connectivity index (χ0n) is 13.0. The van der Waals surface area contributed by atoms with Gasteiger partial charge in [-0.3, -0.25) is 0 Å². The molecule has 1 nitrogen and oxygen atoms in total. The number of benzene rings is 2. The quantitative estimate of drug-likeness (QED) is 0.772. The molecule has 0 heterocycles. The van der Waals surface area contributed by atoms with Gasteiger partial charge < -0.3 is 5.73 Å². The summed E-state index contributed by atoms with van der Waals surface area (Å²) in [5.74, 6) is 0. The maximum atomic E-state index is 6.28. The lowest BCUT2D eigenvalue weighted by atomic mass is 9.87. The molecule has 2 aromatic carbocycles. The second kappa shape index (κ2) is 6.43. The molecule has 0 amide bonds. The van der Waals surface area contributed by atoms with E-state index in [4.69, 9.17) is 17.3 Å². The molecule has 0 fully saturated rings. The van der Waals surface area contributed by atoms with E-state index in [0.717, 1.165) is 15.5 Å². The molecule has 0 radical (unpaired) electrons. The summed E-state index contributed by atoms with van der Waals surface area (Å²) in [5, 5.41) is 0.737. The second-order valence-corrected chi connectivity index (χ2v) is 7.90. The maximum absolute atomic E-state index is 6.28. The Bertz CT molecular complexity index is 612. The Morgan fingerprint density at radius 2 is 1.57 bits per heavy atom. The minimum absolute atomic E-state index is 0.0392. The van der Waals surface area contributed by atoms with E-state index >= 15 is 0 Å². The topological polar surface area (TPSA) is 26.0 Å². The van der Waals surface area contributed by atoms with Gasteiger partial charge in [-0.05, 0) is 47.7 Å². The third-order valence-electron chi connectivity index (χ3n) is 3.42. The van der Waals surface area contributed by atoms with Crippen LogP contribution in [-0.4, -0.2) is 0 Å². The van der Waals surface area contributed by atoms with Crippen molar-refractivity contribution in [3.63, 3.8) is 0 Å². The van der Waals surface area contributed by atoms with Gasteiger partial charge in [0.1, 0.15) is 0 Å². The van der Waals surface area contributed by atoms with E-state index < -0.39 is 0 Å². The van der Waals surface area contributed by atoms with Crippen molar-refractivity contribution in [3.05, 3.63) is 58.6 Å². The highest BCUT2D eigenvalue weighted by Gasteiger charge is 2.13. The standard InChI is InChI=1S/C18H22ClNS/c1-12(20)16-10-9-15(11-17(16)19)21-14-7-5-13(6-8-14)18(2,3)4/h5-12H,20H2,1-4H3. The molecule has 112 valence electrons. The van der Waals surface area contributed by atoms with Crippen molar-refractivity contribution in [1.29, 1.82) is 0 Å². The molecule has 0 spiro atoms. The molecule has 1 unspecified atom stereocenters. The minimum Gasteiger partial charge on any atom is -0.324 e. The molecule has 0 aliphatic rings. The van der Waals surface area contributed by atoms with Gasteiger partial charge in [0, 0.05) is 20.9 Å². The third-order valence-corrected chi connectivity index (χ3v) is 4.74. The minimum atomic E-state index is -0.0392. The van der Waals surface area contributed by atoms with E-state index in [1.165, 1.54) is 10.5 Å². The van der Waals surface area contributed by atoms with Crippen LogP contribution in [0.2, 0.25) is 5.02 Å². The van der Waals surface area contributed by atoms with Gasteiger partial charge in [0.05, 0.1) is 0 Å². The van der Waals surface area contributed by atoms with Gasteiger partial charge in [0.15, 0.2) is 0 Å². The lowest BCUT2D eigenvalue weighted by Gasteiger charge is -2.19. The Kier molecular flexibility index (Phi) is 5.03. The first-order valence-electron chi connectivity index (χ1n) is 7.11. The van der Waals surface area contributed by atoms with Gasteiger partial charge in [0.2, 0.25) is 0 Å². The summed E-state index contributed by atoms with van der Waals surface area (Å²) in [6, 6.07) is 14.8. The molecule has 0 aliphatic carbocycles. The SMILES string of the molecule is CC(N)c1ccc(Sc2ccc(C(C)(C)C)cc2)cc1Cl. The predicted molar refractivity (Wildman–Crippen MR) is 93.3 cm³/mol. The first kappa shape index (κ1) is 16.4. The average molecular weight is 320 g/mol. The van der Waals surface area contributed by atoms with Crippen molar-refractivity contribution in [2.45, 2.75) is 48.9 Å². The van der Waals surface area contributed by atoms with Crippen molar-refractivity contribution in [2.75, 3.05) is 0 Å². The van der Waals surface area contributed by atoms with Gasteiger partial charge in [-0.1, -0.05) is 62.3 Å². The molecular formula is C18H22ClNS. The van der Waals surface area contributed by atoms with E-state index in [0.29, 0.717) is 0 Å². The summed E-state index contributed by atoms with van der Waals surface area (Å²) in [6.07, 6.45) is 0. The Morgan fingerprint density at radius 3 is 2.05 bits per heavy atom. The van der Waals surface area contributed by atoms with Crippen LogP contribution in [0.5, 0.6) is 0 Å². The summed E-state index contributed by atoms with van der Waals surface area (Å²) in [6.45, 7) is 8.62. The summed E-state index contributed by atoms with van der Waals surface area (Å²) < 4.78 is 0. The van der Waals surface area contributed by atoms with Crippen molar-refractivity contribution < 1.29 is 0 Å². The summed E-state index contributed by atoms with van der Waals surface area (Å²) in [5.41, 5.74) is 8.40. The zero-order chi connectivity index (χ0) is 15.6. The summed E-state index contributed by atoms with van der Waals surface area (Å²) in [4.78, 5) is 2.35. The number of nitrogens with two attached hydrogens (primary N) is 1. The highest BCUT2D eigenvalue weighted by Crippen LogP contribution is 2.33. The molecule has 21 heavy (non-hydrogen) atoms. The molecular weight excluding hydrogens is 298 g/mol. The Morgan fingerprint density at radius 1 is 1.00 bits per heavy atom. The average Bonchev–Trinajstić information content (AvgIpc) is 2.38. The molecule has 0 aliphatic heterocycles. The molecule has 2 N–H and O–H groups in total. The predicted octanol–water partition coefficient (Wildman–Crippen LogP) is 5.81. The van der Waals surface area contributed by atoms with E-state index in [1.54, 1.807) is 11.8 Å². The summed E-state index contributed by atoms with van der Waals surface area (Å²) >= 11 is 8.00. The fourth-order valence-electron chi connectivity index (χ4n) is 2.10. The van der Waals surface area contributed by atoms with Crippen LogP contribution in [-0.2, 0) is 5.41 Å². The van der Waals surface area contributed by atoms with Crippen LogP contribution in [0.3, 0.4) is 0 Å². The van der Waals surface area contributed by atoms with Crippen molar-refractivity contribution in [1.82, 2.24) is 0 Å². The monoisotopic (exact) mass is 319 g/mol. The zero-order valence-corrected chi connectivity index (χ0v) is 14.6. The van der Waals surface area contributed by atoms with Crippen LogP contribution in [0.1, 0.15) is 44.9 Å². The molecule has 0 saturated carbocycles. The summed E-state index contributed by atoms with van der Waals surface area (Å²) in [7, 11) is 0. The van der Waals surface area contributed by atoms with E-state index in [9.17, 15) is 0 Å². The largest absolute Gasteiger partial charge is 0.324 e. The second-order valence-electron chi connectivity index (χ2n) is 6.35. The molecule has 3 heteroatoms. The Labute approximate surface area is 136 Å². The Balaban J connectivity index is 2.17. The van der Waals surface area contributed by atoms with Crippen molar-refractivity contribution >= 4 is 23.4 Å². The van der Waals surface area contributed by atoms with Crippen molar-refractivity contribution in [2.24, 2.45) is 5.73 Å². The molecule has 0 aromatic heterocycles. The lowest BCUT2D eigenvalue weighted by Crippen LogP contribution is -2.10. The third kappa shape index (κ3) is 4.26. The van der Waals surface area contributed by atoms with Crippen LogP contribution in [0.25, 0.3) is 0 Å². The molecule has 2 aromatic rings. The normalized spacial score (nSPS) is 13.2. The van der Waals surface area contributed by atoms with Gasteiger partial charge in [0.25, 0.3) is 0 Å². The first-order chi connectivity index (χ1) is 9.77. The van der Waals surface area contributed by atoms with Crippen LogP contribution in [0, 0.1) is 0 Å². The highest BCUT2D eigenvalue weighted by atomic mass is 35.5. The van der Waals surface area contributed by atoms with Crippen LogP contribution < -0.4 is 5.73 Å². The number of hydrogen-bond donors (Lipinski definition) is 1. The molecule has 0 bridgehead atoms. The smallest absolute Gasteiger partial charge is 0.0464 e. The molecule has 2 rings (SSSR count). The molecule has 0 saturated heterocycles. The Hall–Kier alpha value is -0.960. The maximum Gasteiger partial charge on any atom is 0.0464 e. The van der Waals surface area contributed by atoms with Crippen molar-refractivity contribution in [3.8, 4) is 0 Å². The van der Waals surface area contributed by atoms with E-state index in [1.807, 2.05) is 19.1 Å². The van der Waals surface area contributed by atoms with E-state index in [-0.39, 0.29) is 11.5 Å². The first-order valence-corrected chi connectivity index (χ1v) is 8.30. The number of rotatable bonds is 3. The molecule has 1 atom stereocenters. The van der Waals surface area contributed by atoms with Crippen LogP contribution in [0.15, 0.2) is 52.3 Å². The fourth-order valence-corrected chi connectivity index (χ4v) is 3.37. The number of hydrogen-bond acceptors (Lipinski definition) is 2. The van der Waals surface area contributed by atoms with Crippen LogP contribution in [0.4, 0.5) is 0 Å².